The summed E-state index contributed by atoms with van der Waals surface area (Å²) in [5, 5.41) is 14.2. The summed E-state index contributed by atoms with van der Waals surface area (Å²) in [4.78, 5) is 24.7. The van der Waals surface area contributed by atoms with Gasteiger partial charge in [0.2, 0.25) is 5.82 Å². The van der Waals surface area contributed by atoms with Gasteiger partial charge in [-0.3, -0.25) is 9.78 Å². The quantitative estimate of drug-likeness (QED) is 0.488. The third-order valence-electron chi connectivity index (χ3n) is 4.66. The lowest BCUT2D eigenvalue weighted by Gasteiger charge is -2.10. The number of hydrogen-bond acceptors (Lipinski definition) is 7. The lowest BCUT2D eigenvalue weighted by Crippen LogP contribution is -2.16. The summed E-state index contributed by atoms with van der Waals surface area (Å²) >= 11 is 0. The van der Waals surface area contributed by atoms with Gasteiger partial charge in [-0.2, -0.15) is 13.2 Å². The number of carbonyl (C=O) groups is 1. The minimum atomic E-state index is -4.57. The average molecular weight is 457 g/mol. The number of nitrogens with one attached hydrogen (secondary N) is 1. The van der Waals surface area contributed by atoms with Crippen LogP contribution in [-0.2, 0) is 6.18 Å². The molecule has 0 aliphatic rings. The summed E-state index contributed by atoms with van der Waals surface area (Å²) in [6.07, 6.45) is -1.28. The second kappa shape index (κ2) is 8.41. The number of imidazole rings is 1. The molecular weight excluding hydrogens is 439 g/mol. The fraction of sp³-hybridized carbons (Fsp3) is 0.250. The van der Waals surface area contributed by atoms with Crippen molar-refractivity contribution < 1.29 is 18.0 Å². The average Bonchev–Trinajstić information content (AvgIpc) is 3.44. The van der Waals surface area contributed by atoms with Crippen LogP contribution in [0.1, 0.15) is 41.6 Å². The monoisotopic (exact) mass is 457 g/mol. The Bertz CT molecular complexity index is 1310. The second-order valence-electron chi connectivity index (χ2n) is 7.42. The van der Waals surface area contributed by atoms with Crippen LogP contribution in [0.2, 0.25) is 0 Å². The number of alkyl halides is 3. The van der Waals surface area contributed by atoms with Crippen LogP contribution in [0.25, 0.3) is 17.2 Å². The summed E-state index contributed by atoms with van der Waals surface area (Å²) in [5.74, 6) is 0.0969. The van der Waals surface area contributed by atoms with Gasteiger partial charge in [0, 0.05) is 12.4 Å². The first-order valence-corrected chi connectivity index (χ1v) is 9.78. The van der Waals surface area contributed by atoms with E-state index < -0.39 is 17.8 Å². The maximum absolute atomic E-state index is 12.9. The van der Waals surface area contributed by atoms with Crippen molar-refractivity contribution in [1.82, 2.24) is 39.7 Å². The van der Waals surface area contributed by atoms with Crippen LogP contribution >= 0.6 is 0 Å². The molecule has 1 N–H and O–H groups in total. The molecule has 0 aliphatic heterocycles. The summed E-state index contributed by atoms with van der Waals surface area (Å²) in [6, 6.07) is 6.38. The van der Waals surface area contributed by atoms with Crippen LogP contribution in [0, 0.1) is 6.92 Å². The highest BCUT2D eigenvalue weighted by Gasteiger charge is 2.33. The molecule has 0 aromatic carbocycles. The van der Waals surface area contributed by atoms with Crippen LogP contribution in [0.3, 0.4) is 0 Å². The molecule has 4 rings (SSSR count). The van der Waals surface area contributed by atoms with Gasteiger partial charge in [-0.15, -0.1) is 5.10 Å². The Morgan fingerprint density at radius 2 is 1.97 bits per heavy atom. The second-order valence-corrected chi connectivity index (χ2v) is 7.42. The Morgan fingerprint density at radius 3 is 2.67 bits per heavy atom. The number of rotatable bonds is 5. The van der Waals surface area contributed by atoms with Crippen molar-refractivity contribution in [2.45, 2.75) is 33.0 Å². The highest BCUT2D eigenvalue weighted by Crippen LogP contribution is 2.28. The van der Waals surface area contributed by atoms with Gasteiger partial charge in [-0.25, -0.2) is 14.6 Å². The topological polar surface area (TPSA) is 116 Å². The molecule has 4 heterocycles. The van der Waals surface area contributed by atoms with Gasteiger partial charge >= 0.3 is 6.18 Å². The highest BCUT2D eigenvalue weighted by atomic mass is 19.4. The highest BCUT2D eigenvalue weighted by molar-refractivity contribution is 6.02. The molecule has 0 fully saturated rings. The summed E-state index contributed by atoms with van der Waals surface area (Å²) in [6.45, 7) is 5.51. The van der Waals surface area contributed by atoms with Gasteiger partial charge < -0.3 is 9.88 Å². The van der Waals surface area contributed by atoms with Gasteiger partial charge in [-0.05, 0) is 55.0 Å². The zero-order valence-electron chi connectivity index (χ0n) is 17.7. The SMILES string of the molecule is Cc1cnc(C(=O)Nc2cccc(-c3nnnn3C(C)C)n2)cc1-n1cnc(C(F)(F)F)c1. The standard InChI is InChI=1S/C20H18F3N9O/c1-11(2)32-18(28-29-30-32)13-5-4-6-17(26-13)27-19(33)14-7-15(12(3)8-24-14)31-9-16(25-10-31)20(21,22)23/h4-11H,1-3H3,(H,26,27,33). The van der Waals surface area contributed by atoms with Gasteiger partial charge in [-0.1, -0.05) is 6.07 Å². The number of hydrogen-bond donors (Lipinski definition) is 1. The van der Waals surface area contributed by atoms with Crippen LogP contribution in [-0.4, -0.2) is 45.6 Å². The summed E-state index contributed by atoms with van der Waals surface area (Å²) in [5.41, 5.74) is 0.336. The Kier molecular flexibility index (Phi) is 5.62. The van der Waals surface area contributed by atoms with E-state index in [1.54, 1.807) is 29.8 Å². The van der Waals surface area contributed by atoms with Crippen molar-refractivity contribution in [3.8, 4) is 17.2 Å². The van der Waals surface area contributed by atoms with Gasteiger partial charge in [0.05, 0.1) is 18.1 Å². The molecule has 0 radical (unpaired) electrons. The largest absolute Gasteiger partial charge is 0.434 e. The van der Waals surface area contributed by atoms with Crippen molar-refractivity contribution in [3.05, 3.63) is 59.9 Å². The number of tetrazole rings is 1. The van der Waals surface area contributed by atoms with Crippen molar-refractivity contribution in [1.29, 1.82) is 0 Å². The third-order valence-corrected chi connectivity index (χ3v) is 4.66. The first-order valence-electron chi connectivity index (χ1n) is 9.78. The van der Waals surface area contributed by atoms with E-state index in [0.29, 0.717) is 22.8 Å². The first kappa shape index (κ1) is 22.0. The molecule has 1 amide bonds. The minimum Gasteiger partial charge on any atom is -0.305 e. The van der Waals surface area contributed by atoms with E-state index in [4.69, 9.17) is 0 Å². The Labute approximate surface area is 185 Å². The van der Waals surface area contributed by atoms with E-state index in [9.17, 15) is 18.0 Å². The molecule has 0 bridgehead atoms. The van der Waals surface area contributed by atoms with E-state index in [0.717, 1.165) is 12.5 Å². The normalized spacial score (nSPS) is 11.7. The summed E-state index contributed by atoms with van der Waals surface area (Å²) < 4.78 is 41.5. The molecule has 0 aliphatic carbocycles. The first-order chi connectivity index (χ1) is 15.6. The molecule has 33 heavy (non-hydrogen) atoms. The number of aromatic nitrogens is 8. The Balaban J connectivity index is 1.59. The van der Waals surface area contributed by atoms with Crippen molar-refractivity contribution in [3.63, 3.8) is 0 Å². The zero-order chi connectivity index (χ0) is 23.8. The molecule has 4 aromatic heterocycles. The maximum atomic E-state index is 12.9. The molecule has 13 heteroatoms. The molecular formula is C20H18F3N9O. The zero-order valence-corrected chi connectivity index (χ0v) is 17.7. The van der Waals surface area contributed by atoms with Crippen molar-refractivity contribution in [2.75, 3.05) is 5.32 Å². The van der Waals surface area contributed by atoms with Crippen LogP contribution < -0.4 is 5.32 Å². The van der Waals surface area contributed by atoms with E-state index in [1.807, 2.05) is 13.8 Å². The van der Waals surface area contributed by atoms with Crippen LogP contribution in [0.4, 0.5) is 19.0 Å². The van der Waals surface area contributed by atoms with E-state index in [-0.39, 0.29) is 17.6 Å². The molecule has 0 unspecified atom stereocenters. The van der Waals surface area contributed by atoms with Crippen LogP contribution in [0.5, 0.6) is 0 Å². The van der Waals surface area contributed by atoms with Crippen LogP contribution in [0.15, 0.2) is 43.0 Å². The fourth-order valence-electron chi connectivity index (χ4n) is 3.04. The third kappa shape index (κ3) is 4.56. The van der Waals surface area contributed by atoms with E-state index in [1.165, 1.54) is 16.8 Å². The number of aryl methyl sites for hydroxylation is 1. The fourth-order valence-corrected chi connectivity index (χ4v) is 3.04. The minimum absolute atomic E-state index is 0.00271. The summed E-state index contributed by atoms with van der Waals surface area (Å²) in [7, 11) is 0. The number of pyridine rings is 2. The van der Waals surface area contributed by atoms with E-state index in [2.05, 4.69) is 35.8 Å². The number of nitrogens with zero attached hydrogens (tertiary/aromatic N) is 8. The predicted octanol–water partition coefficient (Wildman–Crippen LogP) is 3.48. The molecule has 0 saturated heterocycles. The molecule has 0 atom stereocenters. The molecule has 4 aromatic rings. The Morgan fingerprint density at radius 1 is 1.18 bits per heavy atom. The molecule has 0 saturated carbocycles. The van der Waals surface area contributed by atoms with E-state index >= 15 is 0 Å². The number of anilines is 1. The molecule has 10 nitrogen and oxygen atoms in total. The van der Waals surface area contributed by atoms with Gasteiger partial charge in [0.15, 0.2) is 5.69 Å². The number of amides is 1. The van der Waals surface area contributed by atoms with Gasteiger partial charge in [0.1, 0.15) is 17.2 Å². The van der Waals surface area contributed by atoms with Crippen molar-refractivity contribution >= 4 is 11.7 Å². The lowest BCUT2D eigenvalue weighted by atomic mass is 10.2. The van der Waals surface area contributed by atoms with Gasteiger partial charge in [0.25, 0.3) is 5.91 Å². The Hall–Kier alpha value is -4.16. The number of halogens is 3. The predicted molar refractivity (Wildman–Crippen MR) is 110 cm³/mol. The lowest BCUT2D eigenvalue weighted by molar-refractivity contribution is -0.140. The smallest absolute Gasteiger partial charge is 0.305 e. The number of carbonyl (C=O) groups excluding carboxylic acids is 1. The molecule has 170 valence electrons. The maximum Gasteiger partial charge on any atom is 0.434 e. The molecule has 0 spiro atoms. The van der Waals surface area contributed by atoms with Crippen molar-refractivity contribution in [2.24, 2.45) is 0 Å².